The second-order valence-electron chi connectivity index (χ2n) is 12.8. The molecule has 4 atom stereocenters. The number of nitrogens with zero attached hydrogens (tertiary/aromatic N) is 5. The summed E-state index contributed by atoms with van der Waals surface area (Å²) in [4.78, 5) is 18.2. The van der Waals surface area contributed by atoms with E-state index < -0.39 is 23.3 Å². The van der Waals surface area contributed by atoms with E-state index in [1.165, 1.54) is 24.3 Å². The molecule has 0 bridgehead atoms. The van der Waals surface area contributed by atoms with E-state index in [9.17, 15) is 13.9 Å². The number of anilines is 1. The smallest absolute Gasteiger partial charge is 0.319 e. The Kier molecular flexibility index (Phi) is 6.50. The second kappa shape index (κ2) is 10.4. The molecule has 11 heteroatoms. The summed E-state index contributed by atoms with van der Waals surface area (Å²) in [5.41, 5.74) is -0.676. The molecule has 232 valence electrons. The molecule has 2 aromatic carbocycles. The SMILES string of the molecule is C#Cc1c(F)ccc2cc(O)cc(-c3nc4c5c(nc(OC[C@@]67CCCN6C[C@H](F)C7)nc5c3F)N(C)C3CCCCC3O4)c12. The zero-order valence-corrected chi connectivity index (χ0v) is 24.8. The summed E-state index contributed by atoms with van der Waals surface area (Å²) in [6.45, 7) is 1.36. The van der Waals surface area contributed by atoms with E-state index in [-0.39, 0.29) is 64.1 Å². The van der Waals surface area contributed by atoms with Gasteiger partial charge in [0.2, 0.25) is 5.88 Å². The van der Waals surface area contributed by atoms with Gasteiger partial charge in [-0.1, -0.05) is 18.4 Å². The number of alkyl halides is 1. The van der Waals surface area contributed by atoms with Crippen LogP contribution in [-0.2, 0) is 0 Å². The summed E-state index contributed by atoms with van der Waals surface area (Å²) in [6, 6.07) is 5.38. The van der Waals surface area contributed by atoms with Crippen LogP contribution in [0.15, 0.2) is 24.3 Å². The predicted octanol–water partition coefficient (Wildman–Crippen LogP) is 5.91. The van der Waals surface area contributed by atoms with E-state index in [0.717, 1.165) is 45.1 Å². The molecule has 2 unspecified atom stereocenters. The molecule has 3 fully saturated rings. The number of fused-ring (bicyclic) bond motifs is 3. The van der Waals surface area contributed by atoms with Gasteiger partial charge in [0.15, 0.2) is 5.82 Å². The van der Waals surface area contributed by atoms with Gasteiger partial charge in [0.25, 0.3) is 0 Å². The van der Waals surface area contributed by atoms with E-state index in [1.807, 2.05) is 11.9 Å². The minimum Gasteiger partial charge on any atom is -0.508 e. The van der Waals surface area contributed by atoms with Crippen molar-refractivity contribution >= 4 is 27.5 Å². The lowest BCUT2D eigenvalue weighted by atomic mass is 9.91. The summed E-state index contributed by atoms with van der Waals surface area (Å²) >= 11 is 0. The number of hydrogen-bond acceptors (Lipinski definition) is 8. The third kappa shape index (κ3) is 4.36. The summed E-state index contributed by atoms with van der Waals surface area (Å²) in [5, 5.41) is 11.6. The first-order valence-corrected chi connectivity index (χ1v) is 15.5. The molecule has 0 radical (unpaired) electrons. The van der Waals surface area contributed by atoms with Crippen molar-refractivity contribution in [2.75, 3.05) is 31.6 Å². The Hall–Kier alpha value is -4.30. The van der Waals surface area contributed by atoms with Gasteiger partial charge in [-0.05, 0) is 62.2 Å². The molecule has 5 heterocycles. The number of pyridine rings is 1. The minimum atomic E-state index is -0.925. The molecule has 0 spiro atoms. The van der Waals surface area contributed by atoms with E-state index in [2.05, 4.69) is 20.8 Å². The van der Waals surface area contributed by atoms with Crippen LogP contribution in [-0.4, -0.2) is 75.6 Å². The number of terminal acetylenes is 1. The van der Waals surface area contributed by atoms with Crippen LogP contribution in [0.5, 0.6) is 17.6 Å². The Morgan fingerprint density at radius 1 is 1.13 bits per heavy atom. The third-order valence-electron chi connectivity index (χ3n) is 10.2. The number of aromatic nitrogens is 3. The number of ether oxygens (including phenoxy) is 2. The van der Waals surface area contributed by atoms with Gasteiger partial charge < -0.3 is 19.5 Å². The predicted molar refractivity (Wildman–Crippen MR) is 163 cm³/mol. The molecule has 8 rings (SSSR count). The van der Waals surface area contributed by atoms with Crippen molar-refractivity contribution < 1.29 is 27.8 Å². The van der Waals surface area contributed by atoms with Crippen LogP contribution in [0.1, 0.15) is 50.5 Å². The number of benzene rings is 2. The molecule has 8 nitrogen and oxygen atoms in total. The van der Waals surface area contributed by atoms with Gasteiger partial charge in [0, 0.05) is 31.0 Å². The fraction of sp³-hybridized carbons (Fsp3) is 0.441. The molecule has 1 saturated carbocycles. The summed E-state index contributed by atoms with van der Waals surface area (Å²) in [7, 11) is 1.91. The van der Waals surface area contributed by atoms with Crippen molar-refractivity contribution in [1.29, 1.82) is 0 Å². The molecular weight excluding hydrogens is 583 g/mol. The van der Waals surface area contributed by atoms with Crippen LogP contribution in [0.2, 0.25) is 0 Å². The number of likely N-dealkylation sites (N-methyl/N-ethyl adjacent to an activating group) is 1. The molecule has 45 heavy (non-hydrogen) atoms. The first-order chi connectivity index (χ1) is 21.8. The zero-order chi connectivity index (χ0) is 31.0. The highest BCUT2D eigenvalue weighted by Crippen LogP contribution is 2.46. The maximum Gasteiger partial charge on any atom is 0.319 e. The van der Waals surface area contributed by atoms with Gasteiger partial charge in [-0.15, -0.1) is 6.42 Å². The quantitative estimate of drug-likeness (QED) is 0.284. The first kappa shape index (κ1) is 28.2. The Labute approximate surface area is 258 Å². The molecular formula is C34H32F3N5O3. The van der Waals surface area contributed by atoms with Gasteiger partial charge in [-0.3, -0.25) is 4.90 Å². The Bertz CT molecular complexity index is 1910. The van der Waals surface area contributed by atoms with E-state index in [0.29, 0.717) is 29.6 Å². The van der Waals surface area contributed by atoms with Crippen molar-refractivity contribution in [2.45, 2.75) is 68.8 Å². The van der Waals surface area contributed by atoms with Crippen molar-refractivity contribution in [3.63, 3.8) is 0 Å². The average Bonchev–Trinajstić information content (AvgIpc) is 3.52. The molecule has 4 aliphatic rings. The van der Waals surface area contributed by atoms with Crippen molar-refractivity contribution in [3.8, 4) is 41.2 Å². The van der Waals surface area contributed by atoms with E-state index >= 15 is 4.39 Å². The number of aromatic hydroxyl groups is 1. The summed E-state index contributed by atoms with van der Waals surface area (Å²) in [5.74, 6) is 1.34. The van der Waals surface area contributed by atoms with Gasteiger partial charge in [0.1, 0.15) is 52.9 Å². The van der Waals surface area contributed by atoms with Gasteiger partial charge in [-0.25, -0.2) is 18.2 Å². The van der Waals surface area contributed by atoms with Gasteiger partial charge in [-0.2, -0.15) is 9.97 Å². The lowest BCUT2D eigenvalue weighted by molar-refractivity contribution is 0.107. The van der Waals surface area contributed by atoms with Crippen LogP contribution < -0.4 is 14.4 Å². The van der Waals surface area contributed by atoms with Crippen molar-refractivity contribution in [1.82, 2.24) is 19.9 Å². The summed E-state index contributed by atoms with van der Waals surface area (Å²) < 4.78 is 59.1. The number of rotatable bonds is 4. The maximum atomic E-state index is 16.9. The summed E-state index contributed by atoms with van der Waals surface area (Å²) in [6.07, 6.45) is 10.3. The fourth-order valence-corrected chi connectivity index (χ4v) is 8.05. The van der Waals surface area contributed by atoms with Crippen LogP contribution in [0.25, 0.3) is 32.9 Å². The monoisotopic (exact) mass is 615 g/mol. The van der Waals surface area contributed by atoms with Crippen LogP contribution in [0, 0.1) is 24.0 Å². The van der Waals surface area contributed by atoms with Crippen LogP contribution >= 0.6 is 0 Å². The van der Waals surface area contributed by atoms with Crippen molar-refractivity contribution in [2.24, 2.45) is 0 Å². The molecule has 2 aromatic heterocycles. The van der Waals surface area contributed by atoms with E-state index in [4.69, 9.17) is 20.9 Å². The Morgan fingerprint density at radius 3 is 2.82 bits per heavy atom. The first-order valence-electron chi connectivity index (χ1n) is 15.5. The normalized spacial score (nSPS) is 25.9. The standard InChI is InChI=1S/C34H32F3N5O3/c1-3-21-23(36)10-9-18-13-20(43)14-22(26(18)21)29-28(37)30-27-31(41(2)24-7-4-5-8-25(24)45-32(27)38-29)40-33(39-30)44-17-34-11-6-12-42(34)16-19(35)15-34/h1,9-10,13-14,19,24-25,43H,4-8,11-12,15-17H2,2H3/t19-,24?,25?,34+/m1/s1. The topological polar surface area (TPSA) is 83.8 Å². The average molecular weight is 616 g/mol. The van der Waals surface area contributed by atoms with Gasteiger partial charge >= 0.3 is 6.01 Å². The lowest BCUT2D eigenvalue weighted by Crippen LogP contribution is -2.45. The lowest BCUT2D eigenvalue weighted by Gasteiger charge is -2.36. The van der Waals surface area contributed by atoms with Gasteiger partial charge in [0.05, 0.1) is 17.1 Å². The van der Waals surface area contributed by atoms with Crippen LogP contribution in [0.3, 0.4) is 0 Å². The highest BCUT2D eigenvalue weighted by Gasteiger charge is 2.49. The minimum absolute atomic E-state index is 0.0275. The number of phenols is 1. The van der Waals surface area contributed by atoms with Crippen LogP contribution in [0.4, 0.5) is 19.0 Å². The molecule has 1 N–H and O–H groups in total. The molecule has 2 saturated heterocycles. The largest absolute Gasteiger partial charge is 0.508 e. The molecule has 3 aliphatic heterocycles. The molecule has 0 amide bonds. The zero-order valence-electron chi connectivity index (χ0n) is 24.8. The number of phenolic OH excluding ortho intramolecular Hbond substituents is 1. The second-order valence-corrected chi connectivity index (χ2v) is 12.8. The number of hydrogen-bond donors (Lipinski definition) is 1. The van der Waals surface area contributed by atoms with E-state index in [1.54, 1.807) is 0 Å². The molecule has 4 aromatic rings. The highest BCUT2D eigenvalue weighted by atomic mass is 19.1. The fourth-order valence-electron chi connectivity index (χ4n) is 8.05. The third-order valence-corrected chi connectivity index (χ3v) is 10.2. The number of halogens is 3. The maximum absolute atomic E-state index is 16.9. The highest BCUT2D eigenvalue weighted by molar-refractivity contribution is 6.04. The Balaban J connectivity index is 1.34. The Morgan fingerprint density at radius 2 is 1.98 bits per heavy atom. The molecule has 1 aliphatic carbocycles. The van der Waals surface area contributed by atoms with Crippen molar-refractivity contribution in [3.05, 3.63) is 41.5 Å².